The molecule has 2 N–H and O–H groups in total. The van der Waals surface area contributed by atoms with Gasteiger partial charge in [-0.1, -0.05) is 6.92 Å². The summed E-state index contributed by atoms with van der Waals surface area (Å²) in [4.78, 5) is 12.6. The van der Waals surface area contributed by atoms with Crippen LogP contribution in [0.15, 0.2) is 11.4 Å². The summed E-state index contributed by atoms with van der Waals surface area (Å²) < 4.78 is 0. The number of hydrogen-bond donors (Lipinski definition) is 2. The van der Waals surface area contributed by atoms with E-state index in [1.807, 2.05) is 6.92 Å². The third kappa shape index (κ3) is 4.33. The molecule has 3 nitrogen and oxygen atoms in total. The zero-order valence-electron chi connectivity index (χ0n) is 10.0. The van der Waals surface area contributed by atoms with Gasteiger partial charge in [0.1, 0.15) is 0 Å². The summed E-state index contributed by atoms with van der Waals surface area (Å²) in [6.07, 6.45) is 1.64. The molecule has 1 aromatic heterocycles. The van der Waals surface area contributed by atoms with E-state index in [2.05, 4.69) is 29.0 Å². The maximum Gasteiger partial charge on any atom is 0.221 e. The Bertz CT molecular complexity index is 323. The molecule has 0 aliphatic heterocycles. The highest BCUT2D eigenvalue weighted by Crippen LogP contribution is 2.16. The van der Waals surface area contributed by atoms with Crippen LogP contribution in [0.3, 0.4) is 0 Å². The Hall–Kier alpha value is -0.870. The fraction of sp³-hybridized carbons (Fsp3) is 0.583. The van der Waals surface area contributed by atoms with Gasteiger partial charge in [0.05, 0.1) is 0 Å². The van der Waals surface area contributed by atoms with Gasteiger partial charge in [-0.05, 0) is 30.4 Å². The SMILES string of the molecule is CCNC(=O)CCNCc1sccc1CC. The Morgan fingerprint density at radius 1 is 1.44 bits per heavy atom. The lowest BCUT2D eigenvalue weighted by atomic mass is 10.2. The van der Waals surface area contributed by atoms with Crippen LogP contribution in [0.2, 0.25) is 0 Å². The van der Waals surface area contributed by atoms with Crippen LogP contribution >= 0.6 is 11.3 Å². The molecule has 1 rings (SSSR count). The summed E-state index contributed by atoms with van der Waals surface area (Å²) in [7, 11) is 0. The molecular formula is C12H20N2OS. The maximum atomic E-state index is 11.2. The molecule has 0 aliphatic carbocycles. The van der Waals surface area contributed by atoms with Crippen molar-refractivity contribution in [2.24, 2.45) is 0 Å². The molecule has 0 saturated carbocycles. The zero-order valence-corrected chi connectivity index (χ0v) is 10.8. The minimum atomic E-state index is 0.122. The van der Waals surface area contributed by atoms with Gasteiger partial charge in [0.2, 0.25) is 5.91 Å². The number of carbonyl (C=O) groups is 1. The van der Waals surface area contributed by atoms with Crippen molar-refractivity contribution in [3.05, 3.63) is 21.9 Å². The van der Waals surface area contributed by atoms with Crippen LogP contribution in [0.5, 0.6) is 0 Å². The molecule has 1 amide bonds. The average Bonchev–Trinajstić information content (AvgIpc) is 2.72. The Labute approximate surface area is 101 Å². The first-order valence-electron chi connectivity index (χ1n) is 5.80. The average molecular weight is 240 g/mol. The second-order valence-corrected chi connectivity index (χ2v) is 4.60. The summed E-state index contributed by atoms with van der Waals surface area (Å²) in [5.74, 6) is 0.122. The van der Waals surface area contributed by atoms with Crippen molar-refractivity contribution in [3.63, 3.8) is 0 Å². The molecule has 0 fully saturated rings. The second kappa shape index (κ2) is 7.41. The summed E-state index contributed by atoms with van der Waals surface area (Å²) in [6.45, 7) is 6.43. The molecule has 90 valence electrons. The number of carbonyl (C=O) groups excluding carboxylic acids is 1. The maximum absolute atomic E-state index is 11.2. The minimum absolute atomic E-state index is 0.122. The van der Waals surface area contributed by atoms with E-state index in [1.54, 1.807) is 11.3 Å². The number of hydrogen-bond acceptors (Lipinski definition) is 3. The van der Waals surface area contributed by atoms with Crippen LogP contribution < -0.4 is 10.6 Å². The van der Waals surface area contributed by atoms with Gasteiger partial charge in [-0.15, -0.1) is 11.3 Å². The Balaban J connectivity index is 2.18. The molecule has 4 heteroatoms. The predicted molar refractivity (Wildman–Crippen MR) is 68.7 cm³/mol. The van der Waals surface area contributed by atoms with Crippen molar-refractivity contribution in [2.45, 2.75) is 33.2 Å². The van der Waals surface area contributed by atoms with Crippen molar-refractivity contribution < 1.29 is 4.79 Å². The molecule has 0 unspecified atom stereocenters. The molecular weight excluding hydrogens is 220 g/mol. The van der Waals surface area contributed by atoms with Gasteiger partial charge < -0.3 is 10.6 Å². The topological polar surface area (TPSA) is 41.1 Å². The molecule has 0 bridgehead atoms. The van der Waals surface area contributed by atoms with Gasteiger partial charge in [0, 0.05) is 30.9 Å². The fourth-order valence-corrected chi connectivity index (χ4v) is 2.47. The smallest absolute Gasteiger partial charge is 0.221 e. The first-order valence-corrected chi connectivity index (χ1v) is 6.68. The normalized spacial score (nSPS) is 10.4. The van der Waals surface area contributed by atoms with Crippen molar-refractivity contribution in [2.75, 3.05) is 13.1 Å². The summed E-state index contributed by atoms with van der Waals surface area (Å²) in [5.41, 5.74) is 1.41. The highest BCUT2D eigenvalue weighted by molar-refractivity contribution is 7.10. The number of rotatable bonds is 7. The molecule has 1 aromatic rings. The lowest BCUT2D eigenvalue weighted by Crippen LogP contribution is -2.27. The van der Waals surface area contributed by atoms with Crippen molar-refractivity contribution >= 4 is 17.2 Å². The van der Waals surface area contributed by atoms with Crippen molar-refractivity contribution in [1.82, 2.24) is 10.6 Å². The molecule has 0 aromatic carbocycles. The quantitative estimate of drug-likeness (QED) is 0.715. The second-order valence-electron chi connectivity index (χ2n) is 3.60. The van der Waals surface area contributed by atoms with Gasteiger partial charge in [-0.25, -0.2) is 0 Å². The lowest BCUT2D eigenvalue weighted by molar-refractivity contribution is -0.120. The molecule has 1 heterocycles. The molecule has 0 atom stereocenters. The third-order valence-electron chi connectivity index (χ3n) is 2.41. The highest BCUT2D eigenvalue weighted by Gasteiger charge is 2.02. The van der Waals surface area contributed by atoms with Crippen LogP contribution in [-0.2, 0) is 17.8 Å². The first-order chi connectivity index (χ1) is 7.77. The number of amides is 1. The molecule has 16 heavy (non-hydrogen) atoms. The van der Waals surface area contributed by atoms with E-state index in [-0.39, 0.29) is 5.91 Å². The van der Waals surface area contributed by atoms with Gasteiger partial charge in [0.25, 0.3) is 0 Å². The van der Waals surface area contributed by atoms with E-state index in [9.17, 15) is 4.79 Å². The number of thiophene rings is 1. The highest BCUT2D eigenvalue weighted by atomic mass is 32.1. The largest absolute Gasteiger partial charge is 0.356 e. The van der Waals surface area contributed by atoms with Crippen LogP contribution in [-0.4, -0.2) is 19.0 Å². The van der Waals surface area contributed by atoms with Gasteiger partial charge in [-0.3, -0.25) is 4.79 Å². The summed E-state index contributed by atoms with van der Waals surface area (Å²) in [6, 6.07) is 2.17. The Morgan fingerprint density at radius 3 is 2.94 bits per heavy atom. The fourth-order valence-electron chi connectivity index (χ4n) is 1.53. The Morgan fingerprint density at radius 2 is 2.25 bits per heavy atom. The van der Waals surface area contributed by atoms with E-state index < -0.39 is 0 Å². The van der Waals surface area contributed by atoms with E-state index in [1.165, 1.54) is 10.4 Å². The van der Waals surface area contributed by atoms with E-state index >= 15 is 0 Å². The standard InChI is InChI=1S/C12H20N2OS/c1-3-10-6-8-16-11(10)9-13-7-5-12(15)14-4-2/h6,8,13H,3-5,7,9H2,1-2H3,(H,14,15). The zero-order chi connectivity index (χ0) is 11.8. The molecule has 0 aliphatic rings. The van der Waals surface area contributed by atoms with Crippen LogP contribution in [0.4, 0.5) is 0 Å². The lowest BCUT2D eigenvalue weighted by Gasteiger charge is -2.05. The van der Waals surface area contributed by atoms with Crippen LogP contribution in [0.1, 0.15) is 30.7 Å². The molecule has 0 saturated heterocycles. The van der Waals surface area contributed by atoms with Crippen LogP contribution in [0, 0.1) is 0 Å². The summed E-state index contributed by atoms with van der Waals surface area (Å²) in [5, 5.41) is 8.21. The van der Waals surface area contributed by atoms with Gasteiger partial charge in [-0.2, -0.15) is 0 Å². The van der Waals surface area contributed by atoms with Crippen LogP contribution in [0.25, 0.3) is 0 Å². The van der Waals surface area contributed by atoms with E-state index in [0.717, 1.165) is 19.5 Å². The van der Waals surface area contributed by atoms with E-state index in [0.29, 0.717) is 13.0 Å². The molecule has 0 spiro atoms. The minimum Gasteiger partial charge on any atom is -0.356 e. The van der Waals surface area contributed by atoms with Crippen molar-refractivity contribution in [3.8, 4) is 0 Å². The number of nitrogens with one attached hydrogen (secondary N) is 2. The van der Waals surface area contributed by atoms with Gasteiger partial charge in [0.15, 0.2) is 0 Å². The first kappa shape index (κ1) is 13.2. The Kier molecular flexibility index (Phi) is 6.11. The predicted octanol–water partition coefficient (Wildman–Crippen LogP) is 1.93. The summed E-state index contributed by atoms with van der Waals surface area (Å²) >= 11 is 1.78. The number of aryl methyl sites for hydroxylation is 1. The molecule has 0 radical (unpaired) electrons. The van der Waals surface area contributed by atoms with Crippen molar-refractivity contribution in [1.29, 1.82) is 0 Å². The monoisotopic (exact) mass is 240 g/mol. The van der Waals surface area contributed by atoms with Gasteiger partial charge >= 0.3 is 0 Å². The van der Waals surface area contributed by atoms with E-state index in [4.69, 9.17) is 0 Å². The third-order valence-corrected chi connectivity index (χ3v) is 3.37.